The minimum atomic E-state index is -0.219. The second-order valence-electron chi connectivity index (χ2n) is 7.15. The van der Waals surface area contributed by atoms with Crippen molar-refractivity contribution >= 4 is 5.95 Å². The highest BCUT2D eigenvalue weighted by atomic mass is 19.1. The Labute approximate surface area is 164 Å². The third-order valence-corrected chi connectivity index (χ3v) is 4.82. The SMILES string of the molecule is Cc1cc(C)nc(N2CCO[C@@H](c3ccc(Cc4ccc(F)cc4)cn3)C2)n1. The summed E-state index contributed by atoms with van der Waals surface area (Å²) in [5, 5.41) is 0. The molecule has 5 nitrogen and oxygen atoms in total. The summed E-state index contributed by atoms with van der Waals surface area (Å²) in [7, 11) is 0. The molecule has 0 unspecified atom stereocenters. The predicted octanol–water partition coefficient (Wildman–Crippen LogP) is 3.80. The van der Waals surface area contributed by atoms with Crippen LogP contribution in [-0.4, -0.2) is 34.6 Å². The monoisotopic (exact) mass is 378 g/mol. The zero-order chi connectivity index (χ0) is 19.5. The molecule has 0 N–H and O–H groups in total. The van der Waals surface area contributed by atoms with Crippen LogP contribution in [0.3, 0.4) is 0 Å². The van der Waals surface area contributed by atoms with Gasteiger partial charge in [-0.2, -0.15) is 0 Å². The molecule has 1 atom stereocenters. The van der Waals surface area contributed by atoms with Crippen molar-refractivity contribution in [3.63, 3.8) is 0 Å². The second-order valence-corrected chi connectivity index (χ2v) is 7.15. The zero-order valence-electron chi connectivity index (χ0n) is 16.1. The van der Waals surface area contributed by atoms with E-state index in [4.69, 9.17) is 4.74 Å². The number of benzene rings is 1. The molecule has 1 fully saturated rings. The van der Waals surface area contributed by atoms with Crippen LogP contribution in [0.4, 0.5) is 10.3 Å². The Hall–Kier alpha value is -2.86. The van der Waals surface area contributed by atoms with Crippen molar-refractivity contribution in [1.29, 1.82) is 0 Å². The van der Waals surface area contributed by atoms with E-state index in [1.165, 1.54) is 12.1 Å². The van der Waals surface area contributed by atoms with Crippen molar-refractivity contribution in [2.45, 2.75) is 26.4 Å². The van der Waals surface area contributed by atoms with E-state index in [0.717, 1.165) is 47.1 Å². The summed E-state index contributed by atoms with van der Waals surface area (Å²) < 4.78 is 19.0. The molecule has 2 aromatic heterocycles. The maximum absolute atomic E-state index is 13.0. The molecular formula is C22H23FN4O. The lowest BCUT2D eigenvalue weighted by Gasteiger charge is -2.33. The molecule has 1 aliphatic rings. The normalized spacial score (nSPS) is 17.0. The van der Waals surface area contributed by atoms with Crippen LogP contribution in [0.1, 0.15) is 34.3 Å². The molecule has 144 valence electrons. The molecule has 0 aliphatic carbocycles. The fraction of sp³-hybridized carbons (Fsp3) is 0.318. The van der Waals surface area contributed by atoms with Gasteiger partial charge in [0.1, 0.15) is 11.9 Å². The van der Waals surface area contributed by atoms with E-state index in [2.05, 4.69) is 25.9 Å². The average Bonchev–Trinajstić information content (AvgIpc) is 2.70. The highest BCUT2D eigenvalue weighted by Crippen LogP contribution is 2.24. The summed E-state index contributed by atoms with van der Waals surface area (Å²) in [6.45, 7) is 6.02. The number of ether oxygens (including phenoxy) is 1. The Balaban J connectivity index is 1.45. The summed E-state index contributed by atoms with van der Waals surface area (Å²) >= 11 is 0. The van der Waals surface area contributed by atoms with Crippen LogP contribution in [0.2, 0.25) is 0 Å². The summed E-state index contributed by atoms with van der Waals surface area (Å²) in [6, 6.07) is 12.6. The van der Waals surface area contributed by atoms with E-state index < -0.39 is 0 Å². The van der Waals surface area contributed by atoms with Crippen molar-refractivity contribution < 1.29 is 9.13 Å². The largest absolute Gasteiger partial charge is 0.368 e. The quantitative estimate of drug-likeness (QED) is 0.691. The van der Waals surface area contributed by atoms with Crippen LogP contribution in [0.25, 0.3) is 0 Å². The van der Waals surface area contributed by atoms with Gasteiger partial charge in [-0.3, -0.25) is 4.98 Å². The number of halogens is 1. The molecule has 1 aliphatic heterocycles. The minimum absolute atomic E-state index is 0.113. The molecular weight excluding hydrogens is 355 g/mol. The van der Waals surface area contributed by atoms with Gasteiger partial charge in [0, 0.05) is 24.1 Å². The number of hydrogen-bond donors (Lipinski definition) is 0. The van der Waals surface area contributed by atoms with Crippen LogP contribution in [0.5, 0.6) is 0 Å². The van der Waals surface area contributed by atoms with Crippen LogP contribution >= 0.6 is 0 Å². The predicted molar refractivity (Wildman–Crippen MR) is 106 cm³/mol. The number of morpholine rings is 1. The van der Waals surface area contributed by atoms with Crippen molar-refractivity contribution in [1.82, 2.24) is 15.0 Å². The van der Waals surface area contributed by atoms with E-state index in [1.807, 2.05) is 32.2 Å². The lowest BCUT2D eigenvalue weighted by Crippen LogP contribution is -2.39. The number of pyridine rings is 1. The van der Waals surface area contributed by atoms with Crippen molar-refractivity contribution in [2.75, 3.05) is 24.6 Å². The Morgan fingerprint density at radius 2 is 1.75 bits per heavy atom. The first kappa shape index (κ1) is 18.5. The van der Waals surface area contributed by atoms with Gasteiger partial charge in [0.15, 0.2) is 0 Å². The van der Waals surface area contributed by atoms with Crippen molar-refractivity contribution in [3.05, 3.63) is 82.7 Å². The third-order valence-electron chi connectivity index (χ3n) is 4.82. The van der Waals surface area contributed by atoms with Gasteiger partial charge in [-0.05, 0) is 55.7 Å². The lowest BCUT2D eigenvalue weighted by atomic mass is 10.1. The van der Waals surface area contributed by atoms with E-state index in [-0.39, 0.29) is 11.9 Å². The molecule has 4 rings (SSSR count). The molecule has 0 bridgehead atoms. The Kier molecular flexibility index (Phi) is 5.30. The number of rotatable bonds is 4. The zero-order valence-corrected chi connectivity index (χ0v) is 16.1. The number of nitrogens with zero attached hydrogens (tertiary/aromatic N) is 4. The first-order valence-electron chi connectivity index (χ1n) is 9.45. The van der Waals surface area contributed by atoms with E-state index in [0.29, 0.717) is 13.2 Å². The summed E-state index contributed by atoms with van der Waals surface area (Å²) in [5.74, 6) is 0.530. The molecule has 0 saturated carbocycles. The summed E-state index contributed by atoms with van der Waals surface area (Å²) in [6.07, 6.45) is 2.48. The van der Waals surface area contributed by atoms with Gasteiger partial charge in [0.2, 0.25) is 5.95 Å². The molecule has 3 heterocycles. The minimum Gasteiger partial charge on any atom is -0.368 e. The smallest absolute Gasteiger partial charge is 0.225 e. The van der Waals surface area contributed by atoms with Gasteiger partial charge >= 0.3 is 0 Å². The van der Waals surface area contributed by atoms with E-state index in [1.54, 1.807) is 12.1 Å². The first-order valence-corrected chi connectivity index (χ1v) is 9.45. The lowest BCUT2D eigenvalue weighted by molar-refractivity contribution is 0.0364. The van der Waals surface area contributed by atoms with Crippen molar-refractivity contribution in [2.24, 2.45) is 0 Å². The molecule has 0 radical (unpaired) electrons. The van der Waals surface area contributed by atoms with Crippen LogP contribution < -0.4 is 4.90 Å². The maximum atomic E-state index is 13.0. The van der Waals surface area contributed by atoms with E-state index >= 15 is 0 Å². The molecule has 1 aromatic carbocycles. The van der Waals surface area contributed by atoms with Gasteiger partial charge in [-0.1, -0.05) is 18.2 Å². The standard InChI is InChI=1S/C22H23FN4O/c1-15-11-16(2)26-22(25-15)27-9-10-28-21(14-27)20-8-5-18(13-24-20)12-17-3-6-19(23)7-4-17/h3-8,11,13,21H,9-10,12,14H2,1-2H3/t21-/m1/s1. The molecule has 3 aromatic rings. The fourth-order valence-electron chi connectivity index (χ4n) is 3.43. The fourth-order valence-corrected chi connectivity index (χ4v) is 3.43. The molecule has 0 spiro atoms. The van der Waals surface area contributed by atoms with Gasteiger partial charge < -0.3 is 9.64 Å². The summed E-state index contributed by atoms with van der Waals surface area (Å²) in [5.41, 5.74) is 4.98. The Bertz CT molecular complexity index is 924. The first-order chi connectivity index (χ1) is 13.6. The number of hydrogen-bond acceptors (Lipinski definition) is 5. The Morgan fingerprint density at radius 1 is 1.04 bits per heavy atom. The van der Waals surface area contributed by atoms with Crippen LogP contribution in [0.15, 0.2) is 48.7 Å². The maximum Gasteiger partial charge on any atom is 0.225 e. The van der Waals surface area contributed by atoms with Gasteiger partial charge in [-0.25, -0.2) is 14.4 Å². The molecule has 28 heavy (non-hydrogen) atoms. The topological polar surface area (TPSA) is 51.1 Å². The molecule has 0 amide bonds. The van der Waals surface area contributed by atoms with Gasteiger partial charge in [0.05, 0.1) is 18.8 Å². The Morgan fingerprint density at radius 3 is 2.43 bits per heavy atom. The number of aryl methyl sites for hydroxylation is 2. The van der Waals surface area contributed by atoms with Crippen molar-refractivity contribution in [3.8, 4) is 0 Å². The third kappa shape index (κ3) is 4.34. The van der Waals surface area contributed by atoms with Crippen LogP contribution in [0, 0.1) is 19.7 Å². The molecule has 6 heteroatoms. The number of anilines is 1. The highest BCUT2D eigenvalue weighted by Gasteiger charge is 2.25. The number of aromatic nitrogens is 3. The van der Waals surface area contributed by atoms with Gasteiger partial charge in [-0.15, -0.1) is 0 Å². The van der Waals surface area contributed by atoms with E-state index in [9.17, 15) is 4.39 Å². The van der Waals surface area contributed by atoms with Crippen LogP contribution in [-0.2, 0) is 11.2 Å². The second kappa shape index (κ2) is 8.02. The molecule has 1 saturated heterocycles. The average molecular weight is 378 g/mol. The van der Waals surface area contributed by atoms with Gasteiger partial charge in [0.25, 0.3) is 0 Å². The highest BCUT2D eigenvalue weighted by molar-refractivity contribution is 5.34. The summed E-state index contributed by atoms with van der Waals surface area (Å²) in [4.78, 5) is 15.9.